The van der Waals surface area contributed by atoms with Crippen LogP contribution in [-0.2, 0) is 27.5 Å². The molecule has 0 N–H and O–H groups in total. The van der Waals surface area contributed by atoms with Gasteiger partial charge in [0.15, 0.2) is 17.3 Å². The molecule has 0 aromatic heterocycles. The van der Waals surface area contributed by atoms with Crippen LogP contribution in [-0.4, -0.2) is 64.5 Å². The van der Waals surface area contributed by atoms with E-state index in [1.165, 1.54) is 17.0 Å². The summed E-state index contributed by atoms with van der Waals surface area (Å²) in [4.78, 5) is 67.4. The Morgan fingerprint density at radius 3 is 2.09 bits per heavy atom. The first kappa shape index (κ1) is 40.8. The molecule has 1 amide bonds. The minimum absolute atomic E-state index is 0.0314. The molecule has 1 saturated heterocycles. The second-order valence-electron chi connectivity index (χ2n) is 14.7. The van der Waals surface area contributed by atoms with Crippen molar-refractivity contribution >= 4 is 40.9 Å². The molecule has 13 heteroatoms. The molecule has 12 nitrogen and oxygen atoms in total. The van der Waals surface area contributed by atoms with Crippen molar-refractivity contribution in [3.63, 3.8) is 0 Å². The smallest absolute Gasteiger partial charge is 0.362 e. The lowest BCUT2D eigenvalue weighted by Crippen LogP contribution is -2.62. The fourth-order valence-electron chi connectivity index (χ4n) is 7.42. The normalized spacial score (nSPS) is 17.4. The molecule has 4 aromatic carbocycles. The van der Waals surface area contributed by atoms with Crippen molar-refractivity contribution in [1.29, 1.82) is 0 Å². The Balaban J connectivity index is 1.14. The van der Waals surface area contributed by atoms with Gasteiger partial charge in [-0.1, -0.05) is 93.0 Å². The van der Waals surface area contributed by atoms with Gasteiger partial charge in [0, 0.05) is 36.6 Å². The monoisotopic (exact) mass is 793 g/mol. The summed E-state index contributed by atoms with van der Waals surface area (Å²) < 4.78 is 17.5. The molecule has 0 spiro atoms. The van der Waals surface area contributed by atoms with Crippen molar-refractivity contribution < 1.29 is 38.3 Å². The highest BCUT2D eigenvalue weighted by atomic mass is 35.5. The van der Waals surface area contributed by atoms with E-state index in [2.05, 4.69) is 0 Å². The number of benzene rings is 4. The average molecular weight is 794 g/mol. The van der Waals surface area contributed by atoms with Gasteiger partial charge < -0.3 is 24.0 Å². The van der Waals surface area contributed by atoms with Gasteiger partial charge in [-0.25, -0.2) is 9.59 Å². The highest BCUT2D eigenvalue weighted by molar-refractivity contribution is 6.35. The molecular formula is C44H44ClN3O9. The average Bonchev–Trinajstić information content (AvgIpc) is 3.43. The minimum Gasteiger partial charge on any atom is -0.485 e. The minimum atomic E-state index is -0.985. The van der Waals surface area contributed by atoms with Crippen LogP contribution in [0.25, 0.3) is 0 Å². The van der Waals surface area contributed by atoms with Gasteiger partial charge in [-0.05, 0) is 66.9 Å². The van der Waals surface area contributed by atoms with Crippen molar-refractivity contribution in [2.45, 2.75) is 52.9 Å². The van der Waals surface area contributed by atoms with E-state index < -0.39 is 16.9 Å². The third-order valence-electron chi connectivity index (χ3n) is 10.4. The van der Waals surface area contributed by atoms with Crippen LogP contribution in [0.3, 0.4) is 0 Å². The maximum atomic E-state index is 13.6. The topological polar surface area (TPSA) is 146 Å². The molecule has 57 heavy (non-hydrogen) atoms. The molecule has 0 radical (unpaired) electrons. The van der Waals surface area contributed by atoms with E-state index in [1.807, 2.05) is 93.4 Å². The summed E-state index contributed by atoms with van der Waals surface area (Å²) in [6.07, 6.45) is 0.626. The predicted molar refractivity (Wildman–Crippen MR) is 213 cm³/mol. The van der Waals surface area contributed by atoms with Crippen LogP contribution >= 0.6 is 11.6 Å². The number of esters is 2. The zero-order chi connectivity index (χ0) is 40.8. The fourth-order valence-corrected chi connectivity index (χ4v) is 7.74. The molecule has 296 valence electrons. The highest BCUT2D eigenvalue weighted by Gasteiger charge is 2.59. The van der Waals surface area contributed by atoms with Gasteiger partial charge in [0.1, 0.15) is 18.9 Å². The number of halogens is 1. The zero-order valence-corrected chi connectivity index (χ0v) is 32.9. The molecule has 4 aromatic rings. The quantitative estimate of drug-likeness (QED) is 0.0257. The van der Waals surface area contributed by atoms with Gasteiger partial charge in [0.2, 0.25) is 5.91 Å². The summed E-state index contributed by atoms with van der Waals surface area (Å²) in [5.74, 6) is -2.09. The predicted octanol–water partition coefficient (Wildman–Crippen LogP) is 8.07. The highest BCUT2D eigenvalue weighted by Crippen LogP contribution is 2.49. The summed E-state index contributed by atoms with van der Waals surface area (Å²) in [6, 6.07) is 27.1. The van der Waals surface area contributed by atoms with Crippen molar-refractivity contribution in [1.82, 2.24) is 9.80 Å². The van der Waals surface area contributed by atoms with Crippen molar-refractivity contribution in [3.8, 4) is 11.5 Å². The van der Waals surface area contributed by atoms with Crippen LogP contribution in [0.4, 0.5) is 5.69 Å². The SMILES string of the molecule is CC(C)[C@H]1C(=O)N2C(C(=O)OC(=O)c3ccc([N+](=O)[O-])cc3)=C(CN(C)CCCC(=O)c3ccc(OCc4ccccc4)c(OCc4ccccc4)c3Cl)[C@H](C)[C@H]12. The number of carbonyl (C=O) groups excluding carboxylic acids is 4. The van der Waals surface area contributed by atoms with Crippen LogP contribution in [0.5, 0.6) is 11.5 Å². The maximum Gasteiger partial charge on any atom is 0.362 e. The Kier molecular flexibility index (Phi) is 12.9. The lowest BCUT2D eigenvalue weighted by molar-refractivity contribution is -0.384. The van der Waals surface area contributed by atoms with E-state index in [1.54, 1.807) is 12.1 Å². The van der Waals surface area contributed by atoms with Gasteiger partial charge in [0.05, 0.1) is 27.5 Å². The summed E-state index contributed by atoms with van der Waals surface area (Å²) >= 11 is 6.88. The Hall–Kier alpha value is -5.85. The van der Waals surface area contributed by atoms with E-state index in [9.17, 15) is 29.3 Å². The molecule has 0 bridgehead atoms. The zero-order valence-electron chi connectivity index (χ0n) is 32.2. The van der Waals surface area contributed by atoms with Gasteiger partial charge in [0.25, 0.3) is 5.69 Å². The van der Waals surface area contributed by atoms with E-state index in [4.69, 9.17) is 25.8 Å². The number of non-ortho nitro benzene ring substituents is 1. The largest absolute Gasteiger partial charge is 0.485 e. The number of nitrogens with zero attached hydrogens (tertiary/aromatic N) is 3. The first-order valence-corrected chi connectivity index (χ1v) is 19.2. The molecule has 0 saturated carbocycles. The Bertz CT molecular complexity index is 2170. The van der Waals surface area contributed by atoms with Crippen LogP contribution in [0, 0.1) is 27.9 Å². The van der Waals surface area contributed by atoms with E-state index in [0.717, 1.165) is 23.3 Å². The number of nitro groups is 1. The molecule has 2 aliphatic heterocycles. The summed E-state index contributed by atoms with van der Waals surface area (Å²) in [6.45, 7) is 7.13. The third-order valence-corrected chi connectivity index (χ3v) is 10.8. The van der Waals surface area contributed by atoms with Crippen molar-refractivity contribution in [2.75, 3.05) is 20.1 Å². The number of fused-ring (bicyclic) bond motifs is 1. The second-order valence-corrected chi connectivity index (χ2v) is 15.1. The molecule has 0 aliphatic carbocycles. The number of β-lactam (4-membered cyclic amide) rings is 1. The Morgan fingerprint density at radius 1 is 0.877 bits per heavy atom. The molecule has 2 heterocycles. The number of likely N-dealkylation sites (N-methyl/N-ethyl adjacent to an activating group) is 1. The molecule has 0 unspecified atom stereocenters. The third kappa shape index (κ3) is 9.08. The van der Waals surface area contributed by atoms with Crippen LogP contribution < -0.4 is 9.47 Å². The Morgan fingerprint density at radius 2 is 1.49 bits per heavy atom. The number of ketones is 1. The summed E-state index contributed by atoms with van der Waals surface area (Å²) in [7, 11) is 1.86. The lowest BCUT2D eigenvalue weighted by Gasteiger charge is -2.47. The van der Waals surface area contributed by atoms with Crippen LogP contribution in [0.15, 0.2) is 108 Å². The number of hydrogen-bond acceptors (Lipinski definition) is 10. The number of rotatable bonds is 17. The van der Waals surface area contributed by atoms with Gasteiger partial charge in [-0.3, -0.25) is 19.7 Å². The molecule has 3 atom stereocenters. The molecule has 1 fully saturated rings. The summed E-state index contributed by atoms with van der Waals surface area (Å²) in [5, 5.41) is 11.2. The molecule has 6 rings (SSSR count). The van der Waals surface area contributed by atoms with Crippen LogP contribution in [0.2, 0.25) is 5.02 Å². The van der Waals surface area contributed by atoms with Crippen LogP contribution in [0.1, 0.15) is 65.5 Å². The lowest BCUT2D eigenvalue weighted by atomic mass is 9.74. The standard InChI is InChI=1S/C44H44ClN3O9/c1-27(2)37-39-28(3)34(40(47(39)42(37)50)44(52)57-43(51)31-17-19-32(20-18-31)48(53)54)24-46(4)23-11-16-35(49)33-21-22-36(55-25-29-12-7-5-8-13-29)41(38(33)45)56-26-30-14-9-6-10-15-30/h5-10,12-15,17-22,27-28,37,39H,11,16,23-26H2,1-4H3/t28-,37+,39+/m0/s1. The fraction of sp³-hybridized carbons (Fsp3) is 0.318. The first-order chi connectivity index (χ1) is 27.3. The van der Waals surface area contributed by atoms with Gasteiger partial charge in [-0.2, -0.15) is 0 Å². The Labute approximate surface area is 336 Å². The maximum absolute atomic E-state index is 13.6. The van der Waals surface area contributed by atoms with Crippen molar-refractivity contribution in [3.05, 3.63) is 146 Å². The number of nitro benzene ring substituents is 1. The van der Waals surface area contributed by atoms with Crippen molar-refractivity contribution in [2.24, 2.45) is 17.8 Å². The first-order valence-electron chi connectivity index (χ1n) is 18.8. The number of Topliss-reactive ketones (excluding diaryl/α,β-unsaturated/α-hetero) is 1. The van der Waals surface area contributed by atoms with Gasteiger partial charge >= 0.3 is 11.9 Å². The number of carbonyl (C=O) groups is 4. The molecular weight excluding hydrogens is 750 g/mol. The summed E-state index contributed by atoms with van der Waals surface area (Å²) in [5.41, 5.74) is 2.64. The van der Waals surface area contributed by atoms with Gasteiger partial charge in [-0.15, -0.1) is 0 Å². The second kappa shape index (κ2) is 18.0. The van der Waals surface area contributed by atoms with E-state index >= 15 is 0 Å². The van der Waals surface area contributed by atoms with E-state index in [0.29, 0.717) is 29.9 Å². The number of ether oxygens (including phenoxy) is 3. The number of hydrogen-bond donors (Lipinski definition) is 0. The van der Waals surface area contributed by atoms with E-state index in [-0.39, 0.29) is 89.4 Å². The number of amides is 1. The molecule has 2 aliphatic rings.